The van der Waals surface area contributed by atoms with Crippen molar-refractivity contribution in [2.24, 2.45) is 0 Å². The highest BCUT2D eigenvalue weighted by Crippen LogP contribution is 2.30. The van der Waals surface area contributed by atoms with Crippen molar-refractivity contribution < 1.29 is 14.3 Å². The molecule has 0 bridgehead atoms. The summed E-state index contributed by atoms with van der Waals surface area (Å²) >= 11 is 0. The Bertz CT molecular complexity index is 713. The number of aromatic amines is 1. The van der Waals surface area contributed by atoms with E-state index in [-0.39, 0.29) is 24.3 Å². The summed E-state index contributed by atoms with van der Waals surface area (Å²) < 4.78 is 7.19. The molecule has 0 radical (unpaired) electrons. The molecule has 0 saturated carbocycles. The Kier molecular flexibility index (Phi) is 4.46. The molecule has 1 aliphatic rings. The first-order valence-corrected chi connectivity index (χ1v) is 7.87. The molecule has 0 amide bonds. The van der Waals surface area contributed by atoms with Crippen LogP contribution in [0.1, 0.15) is 47.1 Å². The molecule has 0 fully saturated rings. The van der Waals surface area contributed by atoms with Crippen molar-refractivity contribution in [3.8, 4) is 0 Å². The van der Waals surface area contributed by atoms with Gasteiger partial charge in [0.15, 0.2) is 0 Å². The van der Waals surface area contributed by atoms with Crippen molar-refractivity contribution in [3.63, 3.8) is 0 Å². The number of rotatable bonds is 5. The SMILES string of the molecule is C=CCOC(=O)C1CCCCn2c(C(=O)c3ccc[nH]3)ccc21. The number of ether oxygens (including phenoxy) is 1. The molecule has 2 aromatic heterocycles. The van der Waals surface area contributed by atoms with Gasteiger partial charge in [0.25, 0.3) is 0 Å². The van der Waals surface area contributed by atoms with Gasteiger partial charge in [-0.05, 0) is 37.1 Å². The fourth-order valence-electron chi connectivity index (χ4n) is 3.09. The second-order valence-corrected chi connectivity index (χ2v) is 5.68. The highest BCUT2D eigenvalue weighted by atomic mass is 16.5. The molecule has 1 atom stereocenters. The third kappa shape index (κ3) is 2.99. The predicted octanol–water partition coefficient (Wildman–Crippen LogP) is 3.04. The number of fused-ring (bicyclic) bond motifs is 1. The quantitative estimate of drug-likeness (QED) is 0.524. The predicted molar refractivity (Wildman–Crippen MR) is 86.4 cm³/mol. The smallest absolute Gasteiger partial charge is 0.315 e. The normalized spacial score (nSPS) is 17.1. The van der Waals surface area contributed by atoms with E-state index in [1.807, 2.05) is 10.6 Å². The minimum Gasteiger partial charge on any atom is -0.461 e. The molecule has 5 nitrogen and oxygen atoms in total. The van der Waals surface area contributed by atoms with E-state index >= 15 is 0 Å². The molecule has 0 saturated heterocycles. The summed E-state index contributed by atoms with van der Waals surface area (Å²) in [5.74, 6) is -0.617. The summed E-state index contributed by atoms with van der Waals surface area (Å²) in [5, 5.41) is 0. The summed E-state index contributed by atoms with van der Waals surface area (Å²) in [6, 6.07) is 7.24. The van der Waals surface area contributed by atoms with Crippen LogP contribution in [-0.4, -0.2) is 27.9 Å². The van der Waals surface area contributed by atoms with Crippen LogP contribution in [0.15, 0.2) is 43.1 Å². The first-order valence-electron chi connectivity index (χ1n) is 7.87. The van der Waals surface area contributed by atoms with Gasteiger partial charge < -0.3 is 14.3 Å². The second kappa shape index (κ2) is 6.69. The molecular formula is C18H20N2O3. The van der Waals surface area contributed by atoms with Crippen LogP contribution < -0.4 is 0 Å². The summed E-state index contributed by atoms with van der Waals surface area (Å²) in [6.07, 6.45) is 5.92. The van der Waals surface area contributed by atoms with Gasteiger partial charge in [0.1, 0.15) is 6.61 Å². The molecule has 1 aliphatic heterocycles. The Labute approximate surface area is 135 Å². The lowest BCUT2D eigenvalue weighted by Gasteiger charge is -2.15. The molecule has 2 aromatic rings. The van der Waals surface area contributed by atoms with Gasteiger partial charge in [-0.1, -0.05) is 19.1 Å². The topological polar surface area (TPSA) is 64.1 Å². The van der Waals surface area contributed by atoms with E-state index in [9.17, 15) is 9.59 Å². The minimum absolute atomic E-state index is 0.0543. The molecule has 5 heteroatoms. The van der Waals surface area contributed by atoms with Crippen molar-refractivity contribution in [2.75, 3.05) is 6.61 Å². The number of nitrogens with zero attached hydrogens (tertiary/aromatic N) is 1. The van der Waals surface area contributed by atoms with Crippen LogP contribution in [0.25, 0.3) is 0 Å². The molecule has 23 heavy (non-hydrogen) atoms. The largest absolute Gasteiger partial charge is 0.461 e. The van der Waals surface area contributed by atoms with E-state index in [2.05, 4.69) is 11.6 Å². The van der Waals surface area contributed by atoms with E-state index < -0.39 is 0 Å². The maximum atomic E-state index is 12.6. The van der Waals surface area contributed by atoms with Crippen molar-refractivity contribution in [2.45, 2.75) is 31.7 Å². The van der Waals surface area contributed by atoms with Crippen molar-refractivity contribution >= 4 is 11.8 Å². The number of carbonyl (C=O) groups excluding carboxylic acids is 2. The third-order valence-corrected chi connectivity index (χ3v) is 4.20. The van der Waals surface area contributed by atoms with E-state index in [0.717, 1.165) is 31.5 Å². The van der Waals surface area contributed by atoms with Gasteiger partial charge in [0.2, 0.25) is 5.78 Å². The average Bonchev–Trinajstić information content (AvgIpc) is 3.18. The lowest BCUT2D eigenvalue weighted by Crippen LogP contribution is -2.19. The lowest BCUT2D eigenvalue weighted by molar-refractivity contribution is -0.144. The number of nitrogens with one attached hydrogen (secondary N) is 1. The highest BCUT2D eigenvalue weighted by Gasteiger charge is 2.29. The minimum atomic E-state index is -0.317. The zero-order chi connectivity index (χ0) is 16.2. The molecular weight excluding hydrogens is 292 g/mol. The zero-order valence-electron chi connectivity index (χ0n) is 13.0. The number of esters is 1. The number of hydrogen-bond acceptors (Lipinski definition) is 3. The molecule has 3 rings (SSSR count). The molecule has 1 unspecified atom stereocenters. The van der Waals surface area contributed by atoms with Gasteiger partial charge >= 0.3 is 5.97 Å². The van der Waals surface area contributed by atoms with Crippen LogP contribution in [0.3, 0.4) is 0 Å². The van der Waals surface area contributed by atoms with Crippen molar-refractivity contribution in [1.82, 2.24) is 9.55 Å². The number of aromatic nitrogens is 2. The van der Waals surface area contributed by atoms with Crippen molar-refractivity contribution in [1.29, 1.82) is 0 Å². The Morgan fingerprint density at radius 2 is 2.22 bits per heavy atom. The van der Waals surface area contributed by atoms with Gasteiger partial charge in [-0.25, -0.2) is 0 Å². The first kappa shape index (κ1) is 15.3. The lowest BCUT2D eigenvalue weighted by atomic mass is 10.00. The van der Waals surface area contributed by atoms with Crippen LogP contribution in [-0.2, 0) is 16.1 Å². The Morgan fingerprint density at radius 1 is 1.35 bits per heavy atom. The second-order valence-electron chi connectivity index (χ2n) is 5.68. The summed E-state index contributed by atoms with van der Waals surface area (Å²) in [4.78, 5) is 27.9. The summed E-state index contributed by atoms with van der Waals surface area (Å²) in [7, 11) is 0. The molecule has 0 aromatic carbocycles. The van der Waals surface area contributed by atoms with Crippen LogP contribution in [0.4, 0.5) is 0 Å². The fraction of sp³-hybridized carbons (Fsp3) is 0.333. The van der Waals surface area contributed by atoms with Crippen LogP contribution in [0.2, 0.25) is 0 Å². The Morgan fingerprint density at radius 3 is 2.96 bits per heavy atom. The molecule has 0 aliphatic carbocycles. The van der Waals surface area contributed by atoms with Crippen LogP contribution in [0.5, 0.6) is 0 Å². The maximum absolute atomic E-state index is 12.6. The number of carbonyl (C=O) groups is 2. The molecule has 120 valence electrons. The molecule has 3 heterocycles. The van der Waals surface area contributed by atoms with E-state index in [1.165, 1.54) is 0 Å². The van der Waals surface area contributed by atoms with Crippen molar-refractivity contribution in [3.05, 3.63) is 60.2 Å². The zero-order valence-corrected chi connectivity index (χ0v) is 13.0. The molecule has 1 N–H and O–H groups in total. The molecule has 0 spiro atoms. The van der Waals surface area contributed by atoms with E-state index in [4.69, 9.17) is 4.74 Å². The van der Waals surface area contributed by atoms with E-state index in [1.54, 1.807) is 30.5 Å². The van der Waals surface area contributed by atoms with Crippen LogP contribution >= 0.6 is 0 Å². The fourth-order valence-corrected chi connectivity index (χ4v) is 3.09. The van der Waals surface area contributed by atoms with Gasteiger partial charge in [-0.2, -0.15) is 0 Å². The third-order valence-electron chi connectivity index (χ3n) is 4.20. The Hall–Kier alpha value is -2.56. The first-order chi connectivity index (χ1) is 11.2. The Balaban J connectivity index is 1.92. The number of hydrogen-bond donors (Lipinski definition) is 1. The van der Waals surface area contributed by atoms with Gasteiger partial charge in [0.05, 0.1) is 17.3 Å². The maximum Gasteiger partial charge on any atom is 0.315 e. The van der Waals surface area contributed by atoms with Gasteiger partial charge in [-0.15, -0.1) is 0 Å². The monoisotopic (exact) mass is 312 g/mol. The van der Waals surface area contributed by atoms with Crippen LogP contribution in [0, 0.1) is 0 Å². The summed E-state index contributed by atoms with van der Waals surface area (Å²) in [6.45, 7) is 4.52. The average molecular weight is 312 g/mol. The number of ketones is 1. The van der Waals surface area contributed by atoms with Gasteiger partial charge in [0, 0.05) is 18.4 Å². The van der Waals surface area contributed by atoms with Gasteiger partial charge in [-0.3, -0.25) is 9.59 Å². The number of H-pyrrole nitrogens is 1. The van der Waals surface area contributed by atoms with E-state index in [0.29, 0.717) is 11.4 Å². The highest BCUT2D eigenvalue weighted by molar-refractivity contribution is 6.07. The standard InChI is InChI=1S/C18H20N2O3/c1-2-12-23-18(22)13-6-3-4-11-20-15(13)8-9-16(20)17(21)14-7-5-10-19-14/h2,5,7-10,13,19H,1,3-4,6,11-12H2. The summed E-state index contributed by atoms with van der Waals surface area (Å²) in [5.41, 5.74) is 2.04.